The van der Waals surface area contributed by atoms with Gasteiger partial charge in [0.1, 0.15) is 0 Å². The van der Waals surface area contributed by atoms with Gasteiger partial charge in [-0.3, -0.25) is 9.59 Å². The van der Waals surface area contributed by atoms with E-state index in [1.54, 1.807) is 12.1 Å². The quantitative estimate of drug-likeness (QED) is 0.243. The summed E-state index contributed by atoms with van der Waals surface area (Å²) < 4.78 is 5.25. The number of esters is 1. The smallest absolute Gasteiger partial charge is 0.307 e. The van der Waals surface area contributed by atoms with Crippen molar-refractivity contribution in [3.63, 3.8) is 0 Å². The Kier molecular flexibility index (Phi) is 14.8. The third-order valence-corrected chi connectivity index (χ3v) is 5.19. The van der Waals surface area contributed by atoms with Gasteiger partial charge in [-0.05, 0) is 25.5 Å². The summed E-state index contributed by atoms with van der Waals surface area (Å²) in [6.45, 7) is 5.04. The molecule has 0 spiro atoms. The Morgan fingerprint density at radius 2 is 1.31 bits per heavy atom. The molecule has 0 radical (unpaired) electrons. The summed E-state index contributed by atoms with van der Waals surface area (Å²) in [5, 5.41) is 2.76. The molecule has 4 nitrogen and oxygen atoms in total. The summed E-state index contributed by atoms with van der Waals surface area (Å²) in [4.78, 5) is 23.7. The predicted molar refractivity (Wildman–Crippen MR) is 120 cm³/mol. The van der Waals surface area contributed by atoms with E-state index >= 15 is 0 Å². The molecule has 0 atom stereocenters. The van der Waals surface area contributed by atoms with Gasteiger partial charge in [0.2, 0.25) is 0 Å². The maximum Gasteiger partial charge on any atom is 0.307 e. The van der Waals surface area contributed by atoms with E-state index in [2.05, 4.69) is 12.2 Å². The van der Waals surface area contributed by atoms with Crippen LogP contribution in [0.15, 0.2) is 24.3 Å². The van der Waals surface area contributed by atoms with Gasteiger partial charge in [-0.1, -0.05) is 95.2 Å². The monoisotopic (exact) mass is 403 g/mol. The zero-order valence-electron chi connectivity index (χ0n) is 18.6. The molecule has 0 bridgehead atoms. The van der Waals surface area contributed by atoms with E-state index in [9.17, 15) is 9.59 Å². The predicted octanol–water partition coefficient (Wildman–Crippen LogP) is 6.36. The summed E-state index contributed by atoms with van der Waals surface area (Å²) >= 11 is 0. The first-order valence-electron chi connectivity index (χ1n) is 11.6. The summed E-state index contributed by atoms with van der Waals surface area (Å²) in [5.41, 5.74) is 1.73. The lowest BCUT2D eigenvalue weighted by molar-refractivity contribution is -0.143. The van der Waals surface area contributed by atoms with Gasteiger partial charge >= 0.3 is 5.97 Å². The van der Waals surface area contributed by atoms with Crippen LogP contribution < -0.4 is 5.32 Å². The highest BCUT2D eigenvalue weighted by Gasteiger charge is 2.07. The number of amides is 1. The largest absolute Gasteiger partial charge is 0.466 e. The number of nitrogens with one attached hydrogen (secondary N) is 1. The lowest BCUT2D eigenvalue weighted by atomic mass is 10.1. The number of hydrogen-bond donors (Lipinski definition) is 1. The van der Waals surface area contributed by atoms with Crippen molar-refractivity contribution in [2.24, 2.45) is 0 Å². The van der Waals surface area contributed by atoms with E-state index in [0.717, 1.165) is 18.4 Å². The second-order valence-corrected chi connectivity index (χ2v) is 7.98. The van der Waals surface area contributed by atoms with Crippen molar-refractivity contribution in [2.45, 2.75) is 97.3 Å². The molecule has 29 heavy (non-hydrogen) atoms. The van der Waals surface area contributed by atoms with Crippen LogP contribution in [0.4, 0.5) is 0 Å². The van der Waals surface area contributed by atoms with Crippen LogP contribution in [0.3, 0.4) is 0 Å². The summed E-state index contributed by atoms with van der Waals surface area (Å²) in [5.74, 6) is -0.393. The number of ether oxygens (including phenoxy) is 1. The van der Waals surface area contributed by atoms with Crippen LogP contribution in [0, 0.1) is 6.92 Å². The standard InChI is InChI=1S/C25H41NO3/c1-3-4-5-6-7-8-9-10-11-12-13-14-21-29-24(27)19-20-26-25(28)23-17-15-22(2)16-18-23/h15-18H,3-14,19-21H2,1-2H3,(H,26,28). The molecule has 0 aliphatic heterocycles. The molecule has 1 aromatic carbocycles. The highest BCUT2D eigenvalue weighted by Crippen LogP contribution is 2.12. The molecular weight excluding hydrogens is 362 g/mol. The van der Waals surface area contributed by atoms with E-state index in [1.807, 2.05) is 19.1 Å². The molecule has 1 N–H and O–H groups in total. The minimum atomic E-state index is -0.239. The lowest BCUT2D eigenvalue weighted by Gasteiger charge is -2.07. The van der Waals surface area contributed by atoms with Crippen LogP contribution in [0.2, 0.25) is 0 Å². The van der Waals surface area contributed by atoms with Gasteiger partial charge < -0.3 is 10.1 Å². The van der Waals surface area contributed by atoms with Crippen LogP contribution in [-0.4, -0.2) is 25.0 Å². The van der Waals surface area contributed by atoms with Crippen LogP contribution in [0.5, 0.6) is 0 Å². The maximum atomic E-state index is 12.0. The molecule has 1 rings (SSSR count). The maximum absolute atomic E-state index is 12.0. The van der Waals surface area contributed by atoms with Crippen LogP contribution in [-0.2, 0) is 9.53 Å². The number of carbonyl (C=O) groups is 2. The Bertz CT molecular complexity index is 554. The molecule has 0 aromatic heterocycles. The first-order valence-corrected chi connectivity index (χ1v) is 11.6. The highest BCUT2D eigenvalue weighted by molar-refractivity contribution is 5.94. The lowest BCUT2D eigenvalue weighted by Crippen LogP contribution is -2.26. The highest BCUT2D eigenvalue weighted by atomic mass is 16.5. The fourth-order valence-electron chi connectivity index (χ4n) is 3.29. The molecular formula is C25H41NO3. The fourth-order valence-corrected chi connectivity index (χ4v) is 3.29. The second kappa shape index (κ2) is 17.1. The number of carbonyl (C=O) groups excluding carboxylic acids is 2. The number of benzene rings is 1. The number of hydrogen-bond acceptors (Lipinski definition) is 3. The van der Waals surface area contributed by atoms with E-state index in [-0.39, 0.29) is 18.3 Å². The summed E-state index contributed by atoms with van der Waals surface area (Å²) in [7, 11) is 0. The SMILES string of the molecule is CCCCCCCCCCCCCCOC(=O)CCNC(=O)c1ccc(C)cc1. The van der Waals surface area contributed by atoms with Crippen LogP contribution in [0.1, 0.15) is 106 Å². The Morgan fingerprint density at radius 3 is 1.86 bits per heavy atom. The average molecular weight is 404 g/mol. The Hall–Kier alpha value is -1.84. The zero-order chi connectivity index (χ0) is 21.2. The van der Waals surface area contributed by atoms with Crippen molar-refractivity contribution < 1.29 is 14.3 Å². The van der Waals surface area contributed by atoms with Gasteiger partial charge in [-0.15, -0.1) is 0 Å². The summed E-state index contributed by atoms with van der Waals surface area (Å²) in [6, 6.07) is 7.38. The molecule has 4 heteroatoms. The Balaban J connectivity index is 1.88. The third-order valence-electron chi connectivity index (χ3n) is 5.19. The van der Waals surface area contributed by atoms with Crippen molar-refractivity contribution in [3.05, 3.63) is 35.4 Å². The molecule has 0 saturated heterocycles. The average Bonchev–Trinajstić information content (AvgIpc) is 2.72. The molecule has 0 saturated carbocycles. The topological polar surface area (TPSA) is 55.4 Å². The van der Waals surface area contributed by atoms with Gasteiger partial charge in [0, 0.05) is 12.1 Å². The van der Waals surface area contributed by atoms with Crippen molar-refractivity contribution in [3.8, 4) is 0 Å². The molecule has 164 valence electrons. The van der Waals surface area contributed by atoms with Crippen molar-refractivity contribution in [1.82, 2.24) is 5.32 Å². The minimum Gasteiger partial charge on any atom is -0.466 e. The van der Waals surface area contributed by atoms with E-state index < -0.39 is 0 Å². The Morgan fingerprint density at radius 1 is 0.793 bits per heavy atom. The van der Waals surface area contributed by atoms with Crippen LogP contribution in [0.25, 0.3) is 0 Å². The van der Waals surface area contributed by atoms with E-state index in [1.165, 1.54) is 64.2 Å². The minimum absolute atomic E-state index is 0.154. The van der Waals surface area contributed by atoms with Crippen molar-refractivity contribution >= 4 is 11.9 Å². The van der Waals surface area contributed by atoms with Crippen LogP contribution >= 0.6 is 0 Å². The number of rotatable bonds is 17. The molecule has 0 fully saturated rings. The second-order valence-electron chi connectivity index (χ2n) is 7.98. The fraction of sp³-hybridized carbons (Fsp3) is 0.680. The van der Waals surface area contributed by atoms with Gasteiger partial charge in [0.05, 0.1) is 13.0 Å². The Labute approximate surface area is 177 Å². The van der Waals surface area contributed by atoms with E-state index in [0.29, 0.717) is 18.7 Å². The third kappa shape index (κ3) is 13.9. The molecule has 0 heterocycles. The van der Waals surface area contributed by atoms with E-state index in [4.69, 9.17) is 4.74 Å². The number of aryl methyl sites for hydroxylation is 1. The zero-order valence-corrected chi connectivity index (χ0v) is 18.6. The molecule has 1 aromatic rings. The van der Waals surface area contributed by atoms with Gasteiger partial charge in [-0.2, -0.15) is 0 Å². The molecule has 0 unspecified atom stereocenters. The summed E-state index contributed by atoms with van der Waals surface area (Å²) in [6.07, 6.45) is 15.7. The van der Waals surface area contributed by atoms with Gasteiger partial charge in [-0.25, -0.2) is 0 Å². The van der Waals surface area contributed by atoms with Crippen molar-refractivity contribution in [2.75, 3.05) is 13.2 Å². The van der Waals surface area contributed by atoms with Crippen molar-refractivity contribution in [1.29, 1.82) is 0 Å². The first-order chi connectivity index (χ1) is 14.1. The molecule has 0 aliphatic rings. The normalized spacial score (nSPS) is 10.7. The van der Waals surface area contributed by atoms with Gasteiger partial charge in [0.15, 0.2) is 0 Å². The molecule has 1 amide bonds. The first kappa shape index (κ1) is 25.2. The molecule has 0 aliphatic carbocycles. The van der Waals surface area contributed by atoms with Gasteiger partial charge in [0.25, 0.3) is 5.91 Å². The number of unbranched alkanes of at least 4 members (excludes halogenated alkanes) is 11.